The third-order valence-corrected chi connectivity index (χ3v) is 6.61. The lowest BCUT2D eigenvalue weighted by atomic mass is 10.1. The molecule has 1 unspecified atom stereocenters. The van der Waals surface area contributed by atoms with Crippen LogP contribution in [0.2, 0.25) is 0 Å². The lowest BCUT2D eigenvalue weighted by Gasteiger charge is -2.13. The summed E-state index contributed by atoms with van der Waals surface area (Å²) in [5.41, 5.74) is 0.847. The molecule has 1 aliphatic heterocycles. The number of benzene rings is 1. The van der Waals surface area contributed by atoms with Gasteiger partial charge in [0.15, 0.2) is 10.9 Å². The number of aromatic nitrogens is 4. The summed E-state index contributed by atoms with van der Waals surface area (Å²) in [5.74, 6) is 1.60. The van der Waals surface area contributed by atoms with Crippen molar-refractivity contribution in [3.8, 4) is 11.5 Å². The molecular weight excluding hydrogens is 366 g/mol. The fourth-order valence-electron chi connectivity index (χ4n) is 3.31. The summed E-state index contributed by atoms with van der Waals surface area (Å²) in [6, 6.07) is 9.52. The molecule has 9 heteroatoms. The maximum Gasteiger partial charge on any atom is 0.262 e. The van der Waals surface area contributed by atoms with Gasteiger partial charge in [-0.3, -0.25) is 0 Å². The average molecular weight is 387 g/mol. The maximum atomic E-state index is 12.9. The molecule has 3 heterocycles. The van der Waals surface area contributed by atoms with Gasteiger partial charge in [0.25, 0.3) is 15.9 Å². The molecule has 4 rings (SSSR count). The second-order valence-electron chi connectivity index (χ2n) is 6.58. The minimum Gasteiger partial charge on any atom is -0.334 e. The topological polar surface area (TPSA) is 94.1 Å². The van der Waals surface area contributed by atoms with Crippen molar-refractivity contribution in [2.24, 2.45) is 0 Å². The molecule has 8 nitrogen and oxygen atoms in total. The van der Waals surface area contributed by atoms with Crippen LogP contribution in [0.5, 0.6) is 0 Å². The minimum atomic E-state index is -3.62. The van der Waals surface area contributed by atoms with E-state index >= 15 is 0 Å². The highest BCUT2D eigenvalue weighted by atomic mass is 32.2. The molecule has 1 aliphatic rings. The van der Waals surface area contributed by atoms with E-state index in [1.807, 2.05) is 41.8 Å². The smallest absolute Gasteiger partial charge is 0.262 e. The van der Waals surface area contributed by atoms with Gasteiger partial charge in [0.2, 0.25) is 0 Å². The quantitative estimate of drug-likeness (QED) is 0.667. The predicted octanol–water partition coefficient (Wildman–Crippen LogP) is 2.44. The highest BCUT2D eigenvalue weighted by molar-refractivity contribution is 7.89. The van der Waals surface area contributed by atoms with E-state index in [2.05, 4.69) is 15.1 Å². The van der Waals surface area contributed by atoms with E-state index < -0.39 is 10.0 Å². The molecule has 1 aromatic carbocycles. The van der Waals surface area contributed by atoms with Crippen LogP contribution in [-0.2, 0) is 16.6 Å². The van der Waals surface area contributed by atoms with Gasteiger partial charge < -0.3 is 9.09 Å². The fraction of sp³-hybridized carbons (Fsp3) is 0.389. The molecule has 142 valence electrons. The molecule has 1 fully saturated rings. The van der Waals surface area contributed by atoms with Crippen LogP contribution >= 0.6 is 0 Å². The van der Waals surface area contributed by atoms with E-state index in [-0.39, 0.29) is 10.9 Å². The molecule has 0 bridgehead atoms. The normalized spacial score (nSPS) is 18.2. The monoisotopic (exact) mass is 387 g/mol. The second kappa shape index (κ2) is 6.90. The second-order valence-corrected chi connectivity index (χ2v) is 8.47. The molecule has 0 amide bonds. The molecule has 2 aromatic heterocycles. The first-order chi connectivity index (χ1) is 13.0. The van der Waals surface area contributed by atoms with Gasteiger partial charge in [-0.2, -0.15) is 9.29 Å². The summed E-state index contributed by atoms with van der Waals surface area (Å²) >= 11 is 0. The summed E-state index contributed by atoms with van der Waals surface area (Å²) in [6.45, 7) is 5.19. The van der Waals surface area contributed by atoms with Crippen LogP contribution in [0, 0.1) is 6.92 Å². The van der Waals surface area contributed by atoms with Crippen molar-refractivity contribution in [2.75, 3.05) is 13.1 Å². The first-order valence-electron chi connectivity index (χ1n) is 8.92. The number of sulfonamides is 1. The van der Waals surface area contributed by atoms with Gasteiger partial charge >= 0.3 is 0 Å². The minimum absolute atomic E-state index is 0.0876. The van der Waals surface area contributed by atoms with Gasteiger partial charge in [-0.15, -0.1) is 0 Å². The van der Waals surface area contributed by atoms with Crippen molar-refractivity contribution in [2.45, 2.75) is 37.8 Å². The van der Waals surface area contributed by atoms with Crippen LogP contribution in [0.1, 0.15) is 30.9 Å². The Hall–Kier alpha value is -2.52. The molecule has 1 saturated heterocycles. The summed E-state index contributed by atoms with van der Waals surface area (Å²) in [4.78, 5) is 8.69. The molecule has 27 heavy (non-hydrogen) atoms. The molecule has 0 saturated carbocycles. The van der Waals surface area contributed by atoms with Crippen LogP contribution in [0.15, 0.2) is 46.1 Å². The first-order valence-corrected chi connectivity index (χ1v) is 10.4. The van der Waals surface area contributed by atoms with E-state index in [4.69, 9.17) is 4.52 Å². The molecule has 0 aliphatic carbocycles. The lowest BCUT2D eigenvalue weighted by Crippen LogP contribution is -2.29. The summed E-state index contributed by atoms with van der Waals surface area (Å²) in [6.07, 6.45) is 2.25. The Morgan fingerprint density at radius 1 is 1.22 bits per heavy atom. The highest BCUT2D eigenvalue weighted by Crippen LogP contribution is 2.30. The average Bonchev–Trinajstić information content (AvgIpc) is 3.41. The van der Waals surface area contributed by atoms with Gasteiger partial charge in [-0.1, -0.05) is 23.4 Å². The third-order valence-electron chi connectivity index (χ3n) is 4.88. The molecule has 0 N–H and O–H groups in total. The number of hydrogen-bond donors (Lipinski definition) is 0. The summed E-state index contributed by atoms with van der Waals surface area (Å²) in [7, 11) is -3.62. The molecule has 0 radical (unpaired) electrons. The highest BCUT2D eigenvalue weighted by Gasteiger charge is 2.36. The van der Waals surface area contributed by atoms with E-state index in [1.54, 1.807) is 13.1 Å². The van der Waals surface area contributed by atoms with Crippen molar-refractivity contribution in [3.05, 3.63) is 48.2 Å². The number of hydrogen-bond acceptors (Lipinski definition) is 6. The predicted molar refractivity (Wildman–Crippen MR) is 98.5 cm³/mol. The Balaban J connectivity index is 1.52. The van der Waals surface area contributed by atoms with Crippen LogP contribution < -0.4 is 0 Å². The van der Waals surface area contributed by atoms with Crippen LogP contribution in [-0.4, -0.2) is 45.5 Å². The molecule has 0 spiro atoms. The Morgan fingerprint density at radius 3 is 2.70 bits per heavy atom. The van der Waals surface area contributed by atoms with E-state index in [9.17, 15) is 8.42 Å². The fourth-order valence-corrected chi connectivity index (χ4v) is 4.81. The van der Waals surface area contributed by atoms with Gasteiger partial charge in [0.05, 0.1) is 0 Å². The zero-order valence-electron chi connectivity index (χ0n) is 15.2. The van der Waals surface area contributed by atoms with Gasteiger partial charge in [-0.25, -0.2) is 13.4 Å². The summed E-state index contributed by atoms with van der Waals surface area (Å²) < 4.78 is 34.4. The number of rotatable bonds is 5. The summed E-state index contributed by atoms with van der Waals surface area (Å²) in [5, 5.41) is 4.17. The van der Waals surface area contributed by atoms with E-state index in [0.29, 0.717) is 43.6 Å². The van der Waals surface area contributed by atoms with Crippen LogP contribution in [0.4, 0.5) is 0 Å². The van der Waals surface area contributed by atoms with E-state index in [0.717, 1.165) is 5.56 Å². The van der Waals surface area contributed by atoms with Gasteiger partial charge in [0, 0.05) is 37.3 Å². The van der Waals surface area contributed by atoms with Crippen molar-refractivity contribution >= 4 is 10.0 Å². The Morgan fingerprint density at radius 2 is 2.00 bits per heavy atom. The van der Waals surface area contributed by atoms with Gasteiger partial charge in [-0.05, 0) is 32.4 Å². The maximum absolute atomic E-state index is 12.9. The van der Waals surface area contributed by atoms with Crippen LogP contribution in [0.3, 0.4) is 0 Å². The molecule has 1 atom stereocenters. The lowest BCUT2D eigenvalue weighted by molar-refractivity contribution is 0.414. The molecular formula is C18H21N5O3S. The molecule has 3 aromatic rings. The SMILES string of the molecule is CCn1cc(S(=O)(=O)N2CCC(c3noc(-c4ccccc4)n3)C2)nc1C. The standard InChI is InChI=1S/C18H21N5O3S/c1-3-22-12-16(19-13(22)2)27(24,25)23-10-9-15(11-23)17-20-18(26-21-17)14-7-5-4-6-8-14/h4-8,12,15H,3,9-11H2,1-2H3. The zero-order chi connectivity index (χ0) is 19.0. The Bertz CT molecular complexity index is 1040. The van der Waals surface area contributed by atoms with Crippen molar-refractivity contribution in [1.29, 1.82) is 0 Å². The number of imidazole rings is 1. The Kier molecular flexibility index (Phi) is 4.56. The number of aryl methyl sites for hydroxylation is 2. The van der Waals surface area contributed by atoms with Crippen molar-refractivity contribution < 1.29 is 12.9 Å². The van der Waals surface area contributed by atoms with Crippen molar-refractivity contribution in [1.82, 2.24) is 24.0 Å². The zero-order valence-corrected chi connectivity index (χ0v) is 16.1. The van der Waals surface area contributed by atoms with E-state index in [1.165, 1.54) is 4.31 Å². The number of nitrogens with zero attached hydrogens (tertiary/aromatic N) is 5. The van der Waals surface area contributed by atoms with Gasteiger partial charge in [0.1, 0.15) is 5.82 Å². The Labute approximate surface area is 157 Å². The first kappa shape index (κ1) is 17.9. The largest absolute Gasteiger partial charge is 0.334 e. The van der Waals surface area contributed by atoms with Crippen molar-refractivity contribution in [3.63, 3.8) is 0 Å². The van der Waals surface area contributed by atoms with Crippen LogP contribution in [0.25, 0.3) is 11.5 Å². The third kappa shape index (κ3) is 3.28.